The average molecular weight is 367 g/mol. The fourth-order valence-electron chi connectivity index (χ4n) is 3.34. The summed E-state index contributed by atoms with van der Waals surface area (Å²) in [5.74, 6) is -1.09. The topological polar surface area (TPSA) is 110 Å². The summed E-state index contributed by atoms with van der Waals surface area (Å²) in [5.41, 5.74) is 0.541. The molecule has 26 heavy (non-hydrogen) atoms. The smallest absolute Gasteiger partial charge is 0.303 e. The molecule has 1 rings (SSSR count). The molecule has 6 nitrogen and oxygen atoms in total. The highest BCUT2D eigenvalue weighted by molar-refractivity contribution is 5.90. The third-order valence-corrected chi connectivity index (χ3v) is 4.87. The van der Waals surface area contributed by atoms with Crippen LogP contribution in [0.2, 0.25) is 0 Å². The van der Waals surface area contributed by atoms with Crippen LogP contribution in [0.5, 0.6) is 0 Å². The maximum absolute atomic E-state index is 10.5. The maximum Gasteiger partial charge on any atom is 0.303 e. The Morgan fingerprint density at radius 1 is 1.31 bits per heavy atom. The predicted molar refractivity (Wildman–Crippen MR) is 101 cm³/mol. The molecular weight excluding hydrogens is 334 g/mol. The Balaban J connectivity index is 2.58. The standard InChI is InChI=1S/C20H33NO5/c1-2-3-6-9-15(22)12-13-16-17(19(23)14-18(16)21-26)10-7-4-5-8-11-20(24)25/h4,7,12-13,15-17,19,22-23,26H,2-3,5-6,8-11,14H2,1H3,(H,24,25)/b7-4-,13-12+,21-18-/t15-,16+,17+,19-/m0/s1. The van der Waals surface area contributed by atoms with Crippen LogP contribution in [0.1, 0.15) is 64.7 Å². The molecule has 4 N–H and O–H groups in total. The van der Waals surface area contributed by atoms with Crippen LogP contribution in [-0.2, 0) is 4.79 Å². The summed E-state index contributed by atoms with van der Waals surface area (Å²) in [5, 5.41) is 41.5. The van der Waals surface area contributed by atoms with Crippen molar-refractivity contribution in [3.63, 3.8) is 0 Å². The van der Waals surface area contributed by atoms with Gasteiger partial charge < -0.3 is 20.5 Å². The summed E-state index contributed by atoms with van der Waals surface area (Å²) in [6.07, 6.45) is 12.6. The van der Waals surface area contributed by atoms with Crippen LogP contribution in [0.3, 0.4) is 0 Å². The van der Waals surface area contributed by atoms with Crippen LogP contribution < -0.4 is 0 Å². The summed E-state index contributed by atoms with van der Waals surface area (Å²) in [6.45, 7) is 2.12. The quantitative estimate of drug-likeness (QED) is 0.183. The molecule has 1 aliphatic rings. The number of hydrogen-bond donors (Lipinski definition) is 4. The second kappa shape index (κ2) is 12.7. The zero-order valence-electron chi connectivity index (χ0n) is 15.6. The van der Waals surface area contributed by atoms with E-state index >= 15 is 0 Å². The molecule has 0 aromatic heterocycles. The van der Waals surface area contributed by atoms with Crippen molar-refractivity contribution in [2.75, 3.05) is 0 Å². The normalized spacial score (nSPS) is 26.3. The van der Waals surface area contributed by atoms with Crippen molar-refractivity contribution in [1.29, 1.82) is 0 Å². The van der Waals surface area contributed by atoms with Crippen LogP contribution in [0.4, 0.5) is 0 Å². The minimum absolute atomic E-state index is 0.101. The number of aliphatic hydroxyl groups excluding tert-OH is 2. The van der Waals surface area contributed by atoms with Crippen molar-refractivity contribution < 1.29 is 25.3 Å². The van der Waals surface area contributed by atoms with Crippen LogP contribution in [0, 0.1) is 11.8 Å². The first-order valence-corrected chi connectivity index (χ1v) is 9.61. The fraction of sp³-hybridized carbons (Fsp3) is 0.700. The molecule has 1 saturated carbocycles. The van der Waals surface area contributed by atoms with Gasteiger partial charge in [-0.25, -0.2) is 0 Å². The number of nitrogens with zero attached hydrogens (tertiary/aromatic N) is 1. The van der Waals surface area contributed by atoms with Crippen molar-refractivity contribution in [3.8, 4) is 0 Å². The van der Waals surface area contributed by atoms with E-state index in [-0.39, 0.29) is 18.3 Å². The minimum atomic E-state index is -0.795. The van der Waals surface area contributed by atoms with Crippen LogP contribution >= 0.6 is 0 Å². The van der Waals surface area contributed by atoms with Gasteiger partial charge in [0.1, 0.15) is 0 Å². The Labute approximate surface area is 155 Å². The molecule has 6 heteroatoms. The highest BCUT2D eigenvalue weighted by Gasteiger charge is 2.38. The molecule has 0 radical (unpaired) electrons. The maximum atomic E-state index is 10.5. The van der Waals surface area contributed by atoms with Crippen molar-refractivity contribution >= 4 is 11.7 Å². The van der Waals surface area contributed by atoms with E-state index in [2.05, 4.69) is 12.1 Å². The lowest BCUT2D eigenvalue weighted by Gasteiger charge is -2.18. The SMILES string of the molecule is CCCCC[C@H](O)/C=C/[C@H]1/C(=N\O)C[C@H](O)[C@@H]1C/C=C\CCCC(=O)O. The highest BCUT2D eigenvalue weighted by Crippen LogP contribution is 2.34. The van der Waals surface area contributed by atoms with Gasteiger partial charge in [0.15, 0.2) is 0 Å². The number of unbranched alkanes of at least 4 members (excludes halogenated alkanes) is 3. The molecule has 0 aromatic rings. The van der Waals surface area contributed by atoms with E-state index in [0.29, 0.717) is 37.8 Å². The molecule has 1 aliphatic carbocycles. The van der Waals surface area contributed by atoms with Gasteiger partial charge in [-0.3, -0.25) is 4.79 Å². The molecule has 0 aliphatic heterocycles. The van der Waals surface area contributed by atoms with Crippen molar-refractivity contribution in [3.05, 3.63) is 24.3 Å². The van der Waals surface area contributed by atoms with Gasteiger partial charge in [-0.05, 0) is 25.7 Å². The van der Waals surface area contributed by atoms with E-state index in [1.165, 1.54) is 0 Å². The highest BCUT2D eigenvalue weighted by atomic mass is 16.4. The first-order valence-electron chi connectivity index (χ1n) is 9.61. The second-order valence-electron chi connectivity index (χ2n) is 6.99. The second-order valence-corrected chi connectivity index (χ2v) is 6.99. The number of carboxylic acid groups (broad SMARTS) is 1. The Kier molecular flexibility index (Phi) is 10.9. The summed E-state index contributed by atoms with van der Waals surface area (Å²) in [6, 6.07) is 0. The van der Waals surface area contributed by atoms with Gasteiger partial charge in [-0.1, -0.05) is 55.6 Å². The molecule has 0 heterocycles. The Bertz CT molecular complexity index is 500. The Hall–Kier alpha value is -1.66. The predicted octanol–water partition coefficient (Wildman–Crippen LogP) is 3.51. The van der Waals surface area contributed by atoms with Crippen molar-refractivity contribution in [2.45, 2.75) is 76.9 Å². The first kappa shape index (κ1) is 22.4. The summed E-state index contributed by atoms with van der Waals surface area (Å²) in [7, 11) is 0. The number of rotatable bonds is 12. The van der Waals surface area contributed by atoms with E-state index in [4.69, 9.17) is 5.11 Å². The van der Waals surface area contributed by atoms with E-state index < -0.39 is 18.2 Å². The molecule has 0 aromatic carbocycles. The molecule has 148 valence electrons. The summed E-state index contributed by atoms with van der Waals surface area (Å²) >= 11 is 0. The average Bonchev–Trinajstić information content (AvgIpc) is 2.91. The molecule has 0 bridgehead atoms. The number of oxime groups is 1. The number of allylic oxidation sites excluding steroid dienone is 3. The largest absolute Gasteiger partial charge is 0.481 e. The van der Waals surface area contributed by atoms with Crippen LogP contribution in [0.15, 0.2) is 29.5 Å². The lowest BCUT2D eigenvalue weighted by Crippen LogP contribution is -2.19. The van der Waals surface area contributed by atoms with Crippen LogP contribution in [-0.4, -0.2) is 44.4 Å². The lowest BCUT2D eigenvalue weighted by molar-refractivity contribution is -0.137. The Morgan fingerprint density at radius 2 is 2.08 bits per heavy atom. The third-order valence-electron chi connectivity index (χ3n) is 4.87. The summed E-state index contributed by atoms with van der Waals surface area (Å²) in [4.78, 5) is 10.5. The van der Waals surface area contributed by atoms with Crippen molar-refractivity contribution in [1.82, 2.24) is 0 Å². The molecular formula is C20H33NO5. The number of aliphatic hydroxyl groups is 2. The molecule has 0 spiro atoms. The van der Waals surface area contributed by atoms with Gasteiger partial charge in [0.2, 0.25) is 0 Å². The van der Waals surface area contributed by atoms with Crippen molar-refractivity contribution in [2.24, 2.45) is 17.0 Å². The third kappa shape index (κ3) is 8.15. The zero-order chi connectivity index (χ0) is 19.4. The Morgan fingerprint density at radius 3 is 2.73 bits per heavy atom. The number of carboxylic acids is 1. The van der Waals surface area contributed by atoms with Gasteiger partial charge in [-0.15, -0.1) is 0 Å². The van der Waals surface area contributed by atoms with Crippen LogP contribution in [0.25, 0.3) is 0 Å². The zero-order valence-corrected chi connectivity index (χ0v) is 15.6. The fourth-order valence-corrected chi connectivity index (χ4v) is 3.34. The number of hydrogen-bond acceptors (Lipinski definition) is 5. The van der Waals surface area contributed by atoms with Gasteiger partial charge in [-0.2, -0.15) is 0 Å². The van der Waals surface area contributed by atoms with E-state index in [1.807, 2.05) is 18.2 Å². The van der Waals surface area contributed by atoms with Gasteiger partial charge in [0.05, 0.1) is 17.9 Å². The molecule has 0 saturated heterocycles. The van der Waals surface area contributed by atoms with Gasteiger partial charge in [0, 0.05) is 24.7 Å². The molecule has 4 atom stereocenters. The van der Waals surface area contributed by atoms with Gasteiger partial charge in [0.25, 0.3) is 0 Å². The van der Waals surface area contributed by atoms with Gasteiger partial charge >= 0.3 is 5.97 Å². The number of carbonyl (C=O) groups is 1. The molecule has 0 unspecified atom stereocenters. The van der Waals surface area contributed by atoms with E-state index in [9.17, 15) is 20.2 Å². The summed E-state index contributed by atoms with van der Waals surface area (Å²) < 4.78 is 0. The monoisotopic (exact) mass is 367 g/mol. The van der Waals surface area contributed by atoms with E-state index in [0.717, 1.165) is 19.3 Å². The first-order chi connectivity index (χ1) is 12.5. The minimum Gasteiger partial charge on any atom is -0.481 e. The lowest BCUT2D eigenvalue weighted by atomic mass is 9.89. The molecule has 1 fully saturated rings. The number of aliphatic carboxylic acids is 1. The molecule has 0 amide bonds. The van der Waals surface area contributed by atoms with E-state index in [1.54, 1.807) is 6.08 Å².